The highest BCUT2D eigenvalue weighted by atomic mass is 32.1. The number of para-hydroxylation sites is 1. The van der Waals surface area contributed by atoms with E-state index in [-0.39, 0.29) is 19.2 Å². The van der Waals surface area contributed by atoms with Gasteiger partial charge in [0.2, 0.25) is 0 Å². The second kappa shape index (κ2) is 7.43. The lowest BCUT2D eigenvalue weighted by atomic mass is 10.2. The maximum absolute atomic E-state index is 12.3. The van der Waals surface area contributed by atoms with E-state index in [1.54, 1.807) is 35.6 Å². The van der Waals surface area contributed by atoms with Gasteiger partial charge in [-0.05, 0) is 34.5 Å². The first-order chi connectivity index (χ1) is 10.2. The van der Waals surface area contributed by atoms with Gasteiger partial charge in [0, 0.05) is 13.1 Å². The molecule has 0 aliphatic heterocycles. The van der Waals surface area contributed by atoms with Crippen molar-refractivity contribution in [3.63, 3.8) is 0 Å². The zero-order valence-corrected chi connectivity index (χ0v) is 12.1. The highest BCUT2D eigenvalue weighted by Crippen LogP contribution is 2.15. The van der Waals surface area contributed by atoms with Crippen molar-refractivity contribution >= 4 is 23.1 Å². The predicted molar refractivity (Wildman–Crippen MR) is 82.0 cm³/mol. The maximum Gasteiger partial charge on any atom is 0.322 e. The largest absolute Gasteiger partial charge is 0.395 e. The number of carbonyl (C=O) groups is 1. The minimum Gasteiger partial charge on any atom is -0.395 e. The lowest BCUT2D eigenvalue weighted by Gasteiger charge is -2.22. The van der Waals surface area contributed by atoms with Gasteiger partial charge in [0.15, 0.2) is 0 Å². The molecule has 2 rings (SSSR count). The monoisotopic (exact) mass is 301 g/mol. The summed E-state index contributed by atoms with van der Waals surface area (Å²) in [6.45, 7) is 0.540. The lowest BCUT2D eigenvalue weighted by molar-refractivity contribution is 0.185. The number of hydrogen-bond acceptors (Lipinski definition) is 4. The molecule has 0 bridgehead atoms. The number of thiophene rings is 1. The summed E-state index contributed by atoms with van der Waals surface area (Å²) < 4.78 is 0. The summed E-state index contributed by atoms with van der Waals surface area (Å²) >= 11 is 1.56. The summed E-state index contributed by atoms with van der Waals surface area (Å²) in [6, 6.07) is 10.5. The highest BCUT2D eigenvalue weighted by molar-refractivity contribution is 7.07. The van der Waals surface area contributed by atoms with Crippen LogP contribution in [-0.4, -0.2) is 29.2 Å². The highest BCUT2D eigenvalue weighted by Gasteiger charge is 2.15. The van der Waals surface area contributed by atoms with Gasteiger partial charge in [-0.3, -0.25) is 0 Å². The van der Waals surface area contributed by atoms with Crippen LogP contribution in [-0.2, 0) is 6.54 Å². The van der Waals surface area contributed by atoms with E-state index in [1.807, 2.05) is 22.9 Å². The van der Waals surface area contributed by atoms with E-state index in [2.05, 4.69) is 5.32 Å². The molecule has 108 valence electrons. The van der Waals surface area contributed by atoms with Crippen molar-refractivity contribution < 1.29 is 9.90 Å². The molecule has 0 saturated heterocycles. The predicted octanol–water partition coefficient (Wildman–Crippen LogP) is 2.65. The number of nitrogens with zero attached hydrogens (tertiary/aromatic N) is 2. The second-order valence-corrected chi connectivity index (χ2v) is 5.14. The lowest BCUT2D eigenvalue weighted by Crippen LogP contribution is -2.36. The molecule has 0 atom stereocenters. The molecular weight excluding hydrogens is 286 g/mol. The maximum atomic E-state index is 12.3. The molecule has 0 radical (unpaired) electrons. The first-order valence-corrected chi connectivity index (χ1v) is 7.36. The zero-order chi connectivity index (χ0) is 15.1. The van der Waals surface area contributed by atoms with Crippen LogP contribution in [0.15, 0.2) is 41.1 Å². The van der Waals surface area contributed by atoms with E-state index in [0.717, 1.165) is 5.56 Å². The molecule has 21 heavy (non-hydrogen) atoms. The third-order valence-electron chi connectivity index (χ3n) is 2.90. The fourth-order valence-corrected chi connectivity index (χ4v) is 2.52. The van der Waals surface area contributed by atoms with Crippen LogP contribution < -0.4 is 5.32 Å². The van der Waals surface area contributed by atoms with Gasteiger partial charge in [0.25, 0.3) is 0 Å². The molecule has 0 unspecified atom stereocenters. The van der Waals surface area contributed by atoms with Gasteiger partial charge in [-0.2, -0.15) is 16.6 Å². The molecule has 0 fully saturated rings. The summed E-state index contributed by atoms with van der Waals surface area (Å²) in [7, 11) is 0. The van der Waals surface area contributed by atoms with Crippen molar-refractivity contribution in [2.45, 2.75) is 6.54 Å². The number of aliphatic hydroxyl groups excluding tert-OH is 1. The number of anilines is 1. The minimum absolute atomic E-state index is 0.114. The van der Waals surface area contributed by atoms with Gasteiger partial charge in [-0.15, -0.1) is 0 Å². The van der Waals surface area contributed by atoms with E-state index >= 15 is 0 Å². The fraction of sp³-hybridized carbons (Fsp3) is 0.200. The van der Waals surface area contributed by atoms with Crippen molar-refractivity contribution in [3.05, 3.63) is 52.2 Å². The average Bonchev–Trinajstić information content (AvgIpc) is 3.00. The Hall–Kier alpha value is -2.36. The Morgan fingerprint density at radius 1 is 1.38 bits per heavy atom. The van der Waals surface area contributed by atoms with Crippen molar-refractivity contribution in [1.29, 1.82) is 5.26 Å². The van der Waals surface area contributed by atoms with E-state index in [1.165, 1.54) is 4.90 Å². The number of benzene rings is 1. The summed E-state index contributed by atoms with van der Waals surface area (Å²) in [6.07, 6.45) is 0. The molecule has 0 saturated carbocycles. The molecular formula is C15H15N3O2S. The number of amides is 2. The van der Waals surface area contributed by atoms with Crippen LogP contribution in [0.1, 0.15) is 11.1 Å². The molecule has 1 aromatic carbocycles. The second-order valence-electron chi connectivity index (χ2n) is 4.36. The van der Waals surface area contributed by atoms with Gasteiger partial charge in [-0.25, -0.2) is 4.79 Å². The van der Waals surface area contributed by atoms with Crippen LogP contribution in [0.25, 0.3) is 0 Å². The van der Waals surface area contributed by atoms with Gasteiger partial charge < -0.3 is 15.3 Å². The zero-order valence-electron chi connectivity index (χ0n) is 11.3. The third-order valence-corrected chi connectivity index (χ3v) is 3.63. The first-order valence-electron chi connectivity index (χ1n) is 6.41. The Kier molecular flexibility index (Phi) is 5.32. The molecule has 1 aromatic heterocycles. The number of carbonyl (C=O) groups excluding carboxylic acids is 1. The Bertz CT molecular complexity index is 635. The van der Waals surface area contributed by atoms with E-state index in [4.69, 9.17) is 10.4 Å². The molecule has 6 heteroatoms. The first kappa shape index (κ1) is 15.0. The number of rotatable bonds is 5. The van der Waals surface area contributed by atoms with Crippen LogP contribution >= 0.6 is 11.3 Å². The van der Waals surface area contributed by atoms with Crippen LogP contribution in [0, 0.1) is 11.3 Å². The van der Waals surface area contributed by atoms with Crippen LogP contribution in [0.5, 0.6) is 0 Å². The van der Waals surface area contributed by atoms with Crippen LogP contribution in [0.4, 0.5) is 10.5 Å². The molecule has 1 heterocycles. The molecule has 5 nitrogen and oxygen atoms in total. The quantitative estimate of drug-likeness (QED) is 0.891. The Morgan fingerprint density at radius 2 is 2.19 bits per heavy atom. The topological polar surface area (TPSA) is 76.4 Å². The molecule has 2 amide bonds. The van der Waals surface area contributed by atoms with Crippen LogP contribution in [0.3, 0.4) is 0 Å². The summed E-state index contributed by atoms with van der Waals surface area (Å²) in [5, 5.41) is 24.8. The van der Waals surface area contributed by atoms with Gasteiger partial charge in [0.1, 0.15) is 6.07 Å². The Labute approximate surface area is 127 Å². The Morgan fingerprint density at radius 3 is 2.86 bits per heavy atom. The SMILES string of the molecule is N#Cc1ccccc1NC(=O)N(CCO)Cc1ccsc1. The number of urea groups is 1. The number of hydrogen-bond donors (Lipinski definition) is 2. The van der Waals surface area contributed by atoms with Gasteiger partial charge in [0.05, 0.1) is 17.9 Å². The molecule has 2 N–H and O–H groups in total. The number of aliphatic hydroxyl groups is 1. The standard InChI is InChI=1S/C15H15N3O2S/c16-9-13-3-1-2-4-14(13)17-15(20)18(6-7-19)10-12-5-8-21-11-12/h1-5,8,11,19H,6-7,10H2,(H,17,20). The normalized spacial score (nSPS) is 9.90. The van der Waals surface area contributed by atoms with E-state index in [0.29, 0.717) is 17.8 Å². The van der Waals surface area contributed by atoms with Crippen molar-refractivity contribution in [1.82, 2.24) is 4.90 Å². The third kappa shape index (κ3) is 4.05. The molecule has 0 aliphatic carbocycles. The molecule has 0 aliphatic rings. The fourth-order valence-electron chi connectivity index (χ4n) is 1.86. The van der Waals surface area contributed by atoms with Crippen molar-refractivity contribution in [3.8, 4) is 6.07 Å². The van der Waals surface area contributed by atoms with Gasteiger partial charge in [-0.1, -0.05) is 12.1 Å². The summed E-state index contributed by atoms with van der Waals surface area (Å²) in [5.41, 5.74) is 1.89. The Balaban J connectivity index is 2.10. The van der Waals surface area contributed by atoms with Gasteiger partial charge >= 0.3 is 6.03 Å². The smallest absolute Gasteiger partial charge is 0.322 e. The van der Waals surface area contributed by atoms with Crippen molar-refractivity contribution in [2.24, 2.45) is 0 Å². The minimum atomic E-state index is -0.335. The number of nitrogens with one attached hydrogen (secondary N) is 1. The van der Waals surface area contributed by atoms with Crippen molar-refractivity contribution in [2.75, 3.05) is 18.5 Å². The summed E-state index contributed by atoms with van der Waals surface area (Å²) in [5.74, 6) is 0. The average molecular weight is 301 g/mol. The van der Waals surface area contributed by atoms with E-state index < -0.39 is 0 Å². The van der Waals surface area contributed by atoms with E-state index in [9.17, 15) is 4.79 Å². The number of nitriles is 1. The van der Waals surface area contributed by atoms with Crippen LogP contribution in [0.2, 0.25) is 0 Å². The summed E-state index contributed by atoms with van der Waals surface area (Å²) in [4.78, 5) is 13.8. The molecule has 2 aromatic rings. The molecule has 0 spiro atoms.